The molecule has 1 fully saturated rings. The molecule has 2 N–H and O–H groups in total. The van der Waals surface area contributed by atoms with E-state index in [9.17, 15) is 4.79 Å². The lowest BCUT2D eigenvalue weighted by Crippen LogP contribution is -2.49. The lowest BCUT2D eigenvalue weighted by Gasteiger charge is -2.35. The third-order valence-electron chi connectivity index (χ3n) is 6.45. The molecule has 0 spiro atoms. The van der Waals surface area contributed by atoms with Gasteiger partial charge in [0.05, 0.1) is 5.52 Å². The smallest absolute Gasteiger partial charge is 0.253 e. The van der Waals surface area contributed by atoms with Gasteiger partial charge in [0.1, 0.15) is 5.82 Å². The third-order valence-corrected chi connectivity index (χ3v) is 6.70. The van der Waals surface area contributed by atoms with Crippen LogP contribution in [0.2, 0.25) is 0 Å². The van der Waals surface area contributed by atoms with Crippen LogP contribution in [0.5, 0.6) is 0 Å². The van der Waals surface area contributed by atoms with Crippen molar-refractivity contribution in [2.45, 2.75) is 13.8 Å². The number of carbonyl (C=O) groups is 1. The zero-order chi connectivity index (χ0) is 24.6. The minimum atomic E-state index is 0.0946. The maximum atomic E-state index is 12.7. The Labute approximate surface area is 213 Å². The topological polar surface area (TPSA) is 63.7 Å². The molecule has 0 saturated carbocycles. The van der Waals surface area contributed by atoms with Crippen molar-refractivity contribution in [1.82, 2.24) is 20.1 Å². The lowest BCUT2D eigenvalue weighted by molar-refractivity contribution is 0.0746. The fraction of sp³-hybridized carbons (Fsp3) is 0.370. The number of carbonyl (C=O) groups excluding carboxylic acids is 1. The van der Waals surface area contributed by atoms with Crippen LogP contribution in [0, 0.1) is 0 Å². The van der Waals surface area contributed by atoms with E-state index >= 15 is 0 Å². The zero-order valence-electron chi connectivity index (χ0n) is 20.5. The van der Waals surface area contributed by atoms with Crippen molar-refractivity contribution in [2.24, 2.45) is 0 Å². The Morgan fingerprint density at radius 2 is 1.74 bits per heavy atom. The van der Waals surface area contributed by atoms with Gasteiger partial charge in [-0.15, -0.1) is 0 Å². The molecule has 3 aromatic rings. The highest BCUT2D eigenvalue weighted by atomic mass is 32.1. The van der Waals surface area contributed by atoms with Crippen LogP contribution in [0.15, 0.2) is 60.7 Å². The van der Waals surface area contributed by atoms with Crippen molar-refractivity contribution < 1.29 is 4.79 Å². The van der Waals surface area contributed by atoms with E-state index in [-0.39, 0.29) is 5.91 Å². The number of aromatic nitrogens is 1. The van der Waals surface area contributed by atoms with Crippen molar-refractivity contribution >= 4 is 45.6 Å². The molecule has 0 atom stereocenters. The van der Waals surface area contributed by atoms with Crippen LogP contribution in [-0.2, 0) is 0 Å². The van der Waals surface area contributed by atoms with E-state index in [1.165, 1.54) is 0 Å². The Kier molecular flexibility index (Phi) is 8.50. The standard InChI is InChI=1S/C27H34N6OS/c1-3-31(4-2)15-14-28-27(35)29-23-11-12-24-22(20-23)10-13-25(30-24)32-16-18-33(19-17-32)26(34)21-8-6-5-7-9-21/h5-13,20H,3-4,14-19H2,1-2H3,(H2,28,29,35). The van der Waals surface area contributed by atoms with Crippen LogP contribution in [0.3, 0.4) is 0 Å². The van der Waals surface area contributed by atoms with Gasteiger partial charge in [-0.25, -0.2) is 4.98 Å². The van der Waals surface area contributed by atoms with Gasteiger partial charge in [0.25, 0.3) is 5.91 Å². The molecule has 2 heterocycles. The summed E-state index contributed by atoms with van der Waals surface area (Å²) >= 11 is 5.46. The van der Waals surface area contributed by atoms with Crippen LogP contribution in [0.25, 0.3) is 10.9 Å². The molecule has 184 valence electrons. The maximum absolute atomic E-state index is 12.7. The molecule has 7 nitrogen and oxygen atoms in total. The molecular formula is C27H34N6OS. The van der Waals surface area contributed by atoms with Crippen molar-refractivity contribution in [3.63, 3.8) is 0 Å². The summed E-state index contributed by atoms with van der Waals surface area (Å²) in [6.07, 6.45) is 0. The molecule has 1 amide bonds. The van der Waals surface area contributed by atoms with Gasteiger partial charge in [-0.1, -0.05) is 32.0 Å². The van der Waals surface area contributed by atoms with Crippen molar-refractivity contribution in [3.8, 4) is 0 Å². The minimum absolute atomic E-state index is 0.0946. The highest BCUT2D eigenvalue weighted by Gasteiger charge is 2.22. The fourth-order valence-electron chi connectivity index (χ4n) is 4.31. The summed E-state index contributed by atoms with van der Waals surface area (Å²) < 4.78 is 0. The maximum Gasteiger partial charge on any atom is 0.253 e. The van der Waals surface area contributed by atoms with Crippen molar-refractivity contribution in [2.75, 3.05) is 62.6 Å². The van der Waals surface area contributed by atoms with Gasteiger partial charge in [0, 0.05) is 55.9 Å². The molecule has 1 aliphatic heterocycles. The number of pyridine rings is 1. The van der Waals surface area contributed by atoms with E-state index in [2.05, 4.69) is 52.5 Å². The highest BCUT2D eigenvalue weighted by molar-refractivity contribution is 7.80. The number of rotatable bonds is 8. The fourth-order valence-corrected chi connectivity index (χ4v) is 4.53. The Morgan fingerprint density at radius 3 is 2.46 bits per heavy atom. The molecule has 35 heavy (non-hydrogen) atoms. The first-order chi connectivity index (χ1) is 17.1. The first-order valence-electron chi connectivity index (χ1n) is 12.3. The predicted molar refractivity (Wildman–Crippen MR) is 148 cm³/mol. The van der Waals surface area contributed by atoms with Gasteiger partial charge >= 0.3 is 0 Å². The Balaban J connectivity index is 1.32. The second kappa shape index (κ2) is 12.0. The second-order valence-electron chi connectivity index (χ2n) is 8.63. The first-order valence-corrected chi connectivity index (χ1v) is 12.8. The van der Waals surface area contributed by atoms with Gasteiger partial charge in [0.2, 0.25) is 0 Å². The molecule has 8 heteroatoms. The monoisotopic (exact) mass is 490 g/mol. The Hall–Kier alpha value is -3.23. The number of thiocarbonyl (C=S) groups is 1. The van der Waals surface area contributed by atoms with Crippen LogP contribution < -0.4 is 15.5 Å². The quantitative estimate of drug-likeness (QED) is 0.466. The molecule has 0 radical (unpaired) electrons. The van der Waals surface area contributed by atoms with Crippen molar-refractivity contribution in [1.29, 1.82) is 0 Å². The van der Waals surface area contributed by atoms with E-state index in [4.69, 9.17) is 17.2 Å². The van der Waals surface area contributed by atoms with E-state index < -0.39 is 0 Å². The zero-order valence-corrected chi connectivity index (χ0v) is 21.4. The Bertz CT molecular complexity index is 1140. The summed E-state index contributed by atoms with van der Waals surface area (Å²) in [5, 5.41) is 8.24. The molecule has 1 saturated heterocycles. The van der Waals surface area contributed by atoms with Gasteiger partial charge in [-0.3, -0.25) is 4.79 Å². The van der Waals surface area contributed by atoms with E-state index in [0.29, 0.717) is 18.2 Å². The average Bonchev–Trinajstić information content (AvgIpc) is 2.91. The van der Waals surface area contributed by atoms with Crippen LogP contribution in [0.1, 0.15) is 24.2 Å². The molecule has 1 aromatic heterocycles. The van der Waals surface area contributed by atoms with Gasteiger partial charge in [0.15, 0.2) is 5.11 Å². The Morgan fingerprint density at radius 1 is 1.00 bits per heavy atom. The molecule has 0 aliphatic carbocycles. The summed E-state index contributed by atoms with van der Waals surface area (Å²) in [6.45, 7) is 11.1. The highest BCUT2D eigenvalue weighted by Crippen LogP contribution is 2.23. The molecular weight excluding hydrogens is 456 g/mol. The average molecular weight is 491 g/mol. The third kappa shape index (κ3) is 6.46. The normalized spacial score (nSPS) is 13.8. The van der Waals surface area contributed by atoms with Crippen molar-refractivity contribution in [3.05, 3.63) is 66.2 Å². The number of fused-ring (bicyclic) bond motifs is 1. The summed E-state index contributed by atoms with van der Waals surface area (Å²) in [5.41, 5.74) is 2.63. The predicted octanol–water partition coefficient (Wildman–Crippen LogP) is 3.83. The molecule has 4 rings (SSSR count). The SMILES string of the molecule is CCN(CC)CCNC(=S)Nc1ccc2nc(N3CCN(C(=O)c4ccccc4)CC3)ccc2c1. The minimum Gasteiger partial charge on any atom is -0.361 e. The van der Waals surface area contributed by atoms with E-state index in [0.717, 1.165) is 67.2 Å². The number of nitrogens with one attached hydrogen (secondary N) is 2. The van der Waals surface area contributed by atoms with Gasteiger partial charge in [-0.2, -0.15) is 0 Å². The molecule has 2 aromatic carbocycles. The summed E-state index contributed by atoms with van der Waals surface area (Å²) in [7, 11) is 0. The number of hydrogen-bond acceptors (Lipinski definition) is 5. The number of piperazine rings is 1. The summed E-state index contributed by atoms with van der Waals surface area (Å²) in [5.74, 6) is 1.04. The number of nitrogens with zero attached hydrogens (tertiary/aromatic N) is 4. The number of likely N-dealkylation sites (N-methyl/N-ethyl adjacent to an activating group) is 1. The van der Waals surface area contributed by atoms with E-state index in [1.807, 2.05) is 47.4 Å². The van der Waals surface area contributed by atoms with Crippen LogP contribution in [0.4, 0.5) is 11.5 Å². The largest absolute Gasteiger partial charge is 0.361 e. The summed E-state index contributed by atoms with van der Waals surface area (Å²) in [4.78, 5) is 24.1. The summed E-state index contributed by atoms with van der Waals surface area (Å²) in [6, 6.07) is 19.7. The number of benzene rings is 2. The lowest BCUT2D eigenvalue weighted by atomic mass is 10.1. The van der Waals surface area contributed by atoms with Gasteiger partial charge < -0.3 is 25.3 Å². The number of hydrogen-bond donors (Lipinski definition) is 2. The van der Waals surface area contributed by atoms with Crippen LogP contribution >= 0.6 is 12.2 Å². The molecule has 0 unspecified atom stereocenters. The first kappa shape index (κ1) is 24.9. The molecule has 1 aliphatic rings. The number of amides is 1. The molecule has 0 bridgehead atoms. The van der Waals surface area contributed by atoms with Gasteiger partial charge in [-0.05, 0) is 67.8 Å². The van der Waals surface area contributed by atoms with Crippen LogP contribution in [-0.4, -0.2) is 78.2 Å². The second-order valence-corrected chi connectivity index (χ2v) is 9.04. The van der Waals surface area contributed by atoms with E-state index in [1.54, 1.807) is 0 Å². The number of anilines is 2.